The summed E-state index contributed by atoms with van der Waals surface area (Å²) in [6.45, 7) is 0. The molecule has 0 aromatic heterocycles. The van der Waals surface area contributed by atoms with Crippen LogP contribution in [-0.4, -0.2) is 30.4 Å². The van der Waals surface area contributed by atoms with Crippen molar-refractivity contribution in [3.63, 3.8) is 0 Å². The third-order valence-corrected chi connectivity index (χ3v) is 2.15. The number of carboxylic acids is 1. The van der Waals surface area contributed by atoms with E-state index in [1.807, 2.05) is 0 Å². The van der Waals surface area contributed by atoms with Gasteiger partial charge in [-0.15, -0.1) is 0 Å². The molecule has 1 rings (SSSR count). The molecule has 0 aliphatic heterocycles. The Balaban J connectivity index is 3.29. The zero-order valence-corrected chi connectivity index (χ0v) is 8.93. The number of carboxylic acid groups (broad SMARTS) is 1. The first-order valence-corrected chi connectivity index (χ1v) is 4.45. The van der Waals surface area contributed by atoms with Crippen molar-refractivity contribution in [2.75, 3.05) is 14.2 Å². The SMILES string of the molecule is COc1ccc([C@H](N)C(=O)O)c(O)c1OC. The van der Waals surface area contributed by atoms with Gasteiger partial charge in [0.05, 0.1) is 14.2 Å². The summed E-state index contributed by atoms with van der Waals surface area (Å²) in [5.74, 6) is -1.18. The number of aliphatic carboxylic acids is 1. The minimum absolute atomic E-state index is 0.0664. The molecule has 1 aromatic carbocycles. The lowest BCUT2D eigenvalue weighted by Gasteiger charge is -2.14. The van der Waals surface area contributed by atoms with Crippen LogP contribution in [0.4, 0.5) is 0 Å². The Labute approximate surface area is 92.2 Å². The van der Waals surface area contributed by atoms with E-state index in [4.69, 9.17) is 20.3 Å². The fraction of sp³-hybridized carbons (Fsp3) is 0.300. The maximum atomic E-state index is 10.7. The quantitative estimate of drug-likeness (QED) is 0.692. The van der Waals surface area contributed by atoms with Gasteiger partial charge in [-0.2, -0.15) is 0 Å². The molecule has 0 radical (unpaired) electrons. The number of hydrogen-bond donors (Lipinski definition) is 3. The molecule has 0 bridgehead atoms. The monoisotopic (exact) mass is 227 g/mol. The number of hydrogen-bond acceptors (Lipinski definition) is 5. The van der Waals surface area contributed by atoms with Gasteiger partial charge in [0.15, 0.2) is 11.5 Å². The van der Waals surface area contributed by atoms with Crippen LogP contribution in [0.25, 0.3) is 0 Å². The van der Waals surface area contributed by atoms with Crippen molar-refractivity contribution < 1.29 is 24.5 Å². The van der Waals surface area contributed by atoms with Gasteiger partial charge in [-0.05, 0) is 12.1 Å². The molecule has 1 aromatic rings. The average molecular weight is 227 g/mol. The highest BCUT2D eigenvalue weighted by molar-refractivity contribution is 5.77. The smallest absolute Gasteiger partial charge is 0.325 e. The fourth-order valence-electron chi connectivity index (χ4n) is 1.31. The van der Waals surface area contributed by atoms with Gasteiger partial charge >= 0.3 is 5.97 Å². The second kappa shape index (κ2) is 4.71. The minimum Gasteiger partial charge on any atom is -0.504 e. The van der Waals surface area contributed by atoms with Crippen molar-refractivity contribution in [3.05, 3.63) is 17.7 Å². The van der Waals surface area contributed by atoms with Crippen LogP contribution in [0.3, 0.4) is 0 Å². The number of rotatable bonds is 4. The Morgan fingerprint density at radius 2 is 2.00 bits per heavy atom. The topological polar surface area (TPSA) is 102 Å². The van der Waals surface area contributed by atoms with Gasteiger partial charge in [0.2, 0.25) is 5.75 Å². The summed E-state index contributed by atoms with van der Waals surface area (Å²) >= 11 is 0. The van der Waals surface area contributed by atoms with Crippen LogP contribution in [0.15, 0.2) is 12.1 Å². The van der Waals surface area contributed by atoms with Crippen LogP contribution in [-0.2, 0) is 4.79 Å². The summed E-state index contributed by atoms with van der Waals surface area (Å²) < 4.78 is 9.85. The third kappa shape index (κ3) is 2.01. The van der Waals surface area contributed by atoms with Crippen LogP contribution in [0, 0.1) is 0 Å². The van der Waals surface area contributed by atoms with Gasteiger partial charge in [0.1, 0.15) is 6.04 Å². The summed E-state index contributed by atoms with van der Waals surface area (Å²) in [6, 6.07) is 1.56. The molecule has 16 heavy (non-hydrogen) atoms. The zero-order valence-electron chi connectivity index (χ0n) is 8.93. The van der Waals surface area contributed by atoms with Gasteiger partial charge in [-0.1, -0.05) is 0 Å². The molecule has 0 amide bonds. The summed E-state index contributed by atoms with van der Waals surface area (Å²) in [4.78, 5) is 10.7. The van der Waals surface area contributed by atoms with E-state index < -0.39 is 12.0 Å². The number of phenolic OH excluding ortho intramolecular Hbond substituents is 1. The lowest BCUT2D eigenvalue weighted by molar-refractivity contribution is -0.138. The van der Waals surface area contributed by atoms with Crippen LogP contribution in [0.2, 0.25) is 0 Å². The lowest BCUT2D eigenvalue weighted by Crippen LogP contribution is -2.20. The van der Waals surface area contributed by atoms with Gasteiger partial charge < -0.3 is 25.4 Å². The third-order valence-electron chi connectivity index (χ3n) is 2.15. The number of carbonyl (C=O) groups is 1. The standard InChI is InChI=1S/C10H13NO5/c1-15-6-4-3-5(7(11)10(13)14)8(12)9(6)16-2/h3-4,7,12H,11H2,1-2H3,(H,13,14)/t7-/m0/s1. The number of benzene rings is 1. The first-order chi connectivity index (χ1) is 7.52. The van der Waals surface area contributed by atoms with E-state index in [2.05, 4.69) is 0 Å². The van der Waals surface area contributed by atoms with E-state index in [1.54, 1.807) is 0 Å². The van der Waals surface area contributed by atoms with Gasteiger partial charge in [-0.3, -0.25) is 4.79 Å². The van der Waals surface area contributed by atoms with Crippen molar-refractivity contribution in [3.8, 4) is 17.2 Å². The Hall–Kier alpha value is -1.95. The highest BCUT2D eigenvalue weighted by atomic mass is 16.5. The molecule has 0 aliphatic rings. The van der Waals surface area contributed by atoms with E-state index in [0.717, 1.165) is 0 Å². The van der Waals surface area contributed by atoms with Crippen LogP contribution in [0.5, 0.6) is 17.2 Å². The highest BCUT2D eigenvalue weighted by Crippen LogP contribution is 2.40. The minimum atomic E-state index is -1.31. The van der Waals surface area contributed by atoms with E-state index in [1.165, 1.54) is 26.4 Å². The molecule has 0 aliphatic carbocycles. The summed E-state index contributed by atoms with van der Waals surface area (Å²) in [7, 11) is 2.75. The van der Waals surface area contributed by atoms with E-state index in [-0.39, 0.29) is 17.1 Å². The van der Waals surface area contributed by atoms with E-state index >= 15 is 0 Å². The van der Waals surface area contributed by atoms with Crippen molar-refractivity contribution in [2.24, 2.45) is 5.73 Å². The van der Waals surface area contributed by atoms with E-state index in [9.17, 15) is 9.90 Å². The van der Waals surface area contributed by atoms with Gasteiger partial charge in [0, 0.05) is 5.56 Å². The molecular weight excluding hydrogens is 214 g/mol. The van der Waals surface area contributed by atoms with Crippen LogP contribution < -0.4 is 15.2 Å². The molecule has 0 saturated heterocycles. The largest absolute Gasteiger partial charge is 0.504 e. The maximum absolute atomic E-state index is 10.7. The second-order valence-corrected chi connectivity index (χ2v) is 3.05. The molecule has 0 spiro atoms. The van der Waals surface area contributed by atoms with Crippen LogP contribution >= 0.6 is 0 Å². The molecule has 0 saturated carbocycles. The first-order valence-electron chi connectivity index (χ1n) is 4.45. The molecule has 4 N–H and O–H groups in total. The zero-order chi connectivity index (χ0) is 12.3. The van der Waals surface area contributed by atoms with Crippen LogP contribution in [0.1, 0.15) is 11.6 Å². The number of aromatic hydroxyl groups is 1. The summed E-state index contributed by atoms with van der Waals surface area (Å²) in [6.07, 6.45) is 0. The second-order valence-electron chi connectivity index (χ2n) is 3.05. The molecule has 6 heteroatoms. The number of ether oxygens (including phenoxy) is 2. The number of methoxy groups -OCH3 is 2. The Morgan fingerprint density at radius 3 is 2.44 bits per heavy atom. The molecule has 0 unspecified atom stereocenters. The van der Waals surface area contributed by atoms with Crippen molar-refractivity contribution >= 4 is 5.97 Å². The maximum Gasteiger partial charge on any atom is 0.325 e. The van der Waals surface area contributed by atoms with Crippen molar-refractivity contribution in [2.45, 2.75) is 6.04 Å². The normalized spacial score (nSPS) is 11.9. The van der Waals surface area contributed by atoms with Crippen molar-refractivity contribution in [1.29, 1.82) is 0 Å². The molecular formula is C10H13NO5. The Kier molecular flexibility index (Phi) is 3.57. The highest BCUT2D eigenvalue weighted by Gasteiger charge is 2.22. The lowest BCUT2D eigenvalue weighted by atomic mass is 10.1. The predicted octanol–water partition coefficient (Wildman–Crippen LogP) is 0.494. The molecule has 0 heterocycles. The molecule has 88 valence electrons. The summed E-state index contributed by atoms with van der Waals surface area (Å²) in [5.41, 5.74) is 5.47. The first kappa shape index (κ1) is 12.1. The van der Waals surface area contributed by atoms with Gasteiger partial charge in [0.25, 0.3) is 0 Å². The van der Waals surface area contributed by atoms with E-state index in [0.29, 0.717) is 5.75 Å². The Bertz CT molecular complexity index is 404. The summed E-state index contributed by atoms with van der Waals surface area (Å²) in [5, 5.41) is 18.5. The molecule has 6 nitrogen and oxygen atoms in total. The van der Waals surface area contributed by atoms with Gasteiger partial charge in [-0.25, -0.2) is 0 Å². The van der Waals surface area contributed by atoms with Crippen molar-refractivity contribution in [1.82, 2.24) is 0 Å². The number of nitrogens with two attached hydrogens (primary N) is 1. The predicted molar refractivity (Wildman–Crippen MR) is 55.8 cm³/mol. The fourth-order valence-corrected chi connectivity index (χ4v) is 1.31. The molecule has 1 atom stereocenters. The Morgan fingerprint density at radius 1 is 1.38 bits per heavy atom. The molecule has 0 fully saturated rings. The average Bonchev–Trinajstić information content (AvgIpc) is 2.27. The number of phenols is 1.